The fourth-order valence-electron chi connectivity index (χ4n) is 5.83. The largest absolute Gasteiger partial charge is 0.375 e. The molecule has 4 rings (SSSR count). The summed E-state index contributed by atoms with van der Waals surface area (Å²) in [5, 5.41) is 8.75. The molecular formula is C31H49N6O9PS2. The Kier molecular flexibility index (Phi) is 16.3. The maximum absolute atomic E-state index is 12.4. The van der Waals surface area contributed by atoms with E-state index in [1.54, 1.807) is 25.6 Å². The van der Waals surface area contributed by atoms with Crippen molar-refractivity contribution < 1.29 is 23.5 Å². The average Bonchev–Trinajstić information content (AvgIpc) is 3.56. The lowest BCUT2D eigenvalue weighted by molar-refractivity contribution is -0.0527. The van der Waals surface area contributed by atoms with Crippen molar-refractivity contribution in [2.75, 3.05) is 20.8 Å². The van der Waals surface area contributed by atoms with Crippen molar-refractivity contribution >= 4 is 31.5 Å². The first-order chi connectivity index (χ1) is 23.3. The predicted octanol–water partition coefficient (Wildman–Crippen LogP) is 3.39. The number of hydrogen-bond acceptors (Lipinski definition) is 13. The van der Waals surface area contributed by atoms with Crippen LogP contribution in [0.25, 0.3) is 0 Å². The minimum atomic E-state index is -1.10. The van der Waals surface area contributed by atoms with Gasteiger partial charge in [0.25, 0.3) is 11.1 Å². The van der Waals surface area contributed by atoms with Crippen molar-refractivity contribution in [1.29, 1.82) is 5.26 Å². The van der Waals surface area contributed by atoms with Gasteiger partial charge in [-0.2, -0.15) is 17.9 Å². The van der Waals surface area contributed by atoms with E-state index in [4.69, 9.17) is 28.7 Å². The number of nitriles is 1. The second-order valence-corrected chi connectivity index (χ2v) is 16.1. The van der Waals surface area contributed by atoms with Gasteiger partial charge in [0, 0.05) is 50.8 Å². The smallest absolute Gasteiger partial charge is 0.330 e. The highest BCUT2D eigenvalue weighted by Crippen LogP contribution is 2.61. The monoisotopic (exact) mass is 744 g/mol. The zero-order valence-corrected chi connectivity index (χ0v) is 31.8. The third kappa shape index (κ3) is 10.2. The molecule has 0 radical (unpaired) electrons. The van der Waals surface area contributed by atoms with E-state index in [0.717, 1.165) is 12.8 Å². The van der Waals surface area contributed by atoms with Crippen LogP contribution in [0.1, 0.15) is 73.3 Å². The Morgan fingerprint density at radius 1 is 0.918 bits per heavy atom. The van der Waals surface area contributed by atoms with E-state index in [1.165, 1.54) is 33.7 Å². The highest BCUT2D eigenvalue weighted by Gasteiger charge is 2.48. The highest BCUT2D eigenvalue weighted by atomic mass is 32.7. The topological polar surface area (TPSA) is 183 Å². The predicted molar refractivity (Wildman–Crippen MR) is 192 cm³/mol. The molecule has 49 heavy (non-hydrogen) atoms. The second kappa shape index (κ2) is 19.4. The quantitative estimate of drug-likeness (QED) is 0.146. The van der Waals surface area contributed by atoms with Gasteiger partial charge in [0.2, 0.25) is 0 Å². The molecule has 2 aromatic heterocycles. The molecule has 2 fully saturated rings. The van der Waals surface area contributed by atoms with Gasteiger partial charge >= 0.3 is 11.4 Å². The molecule has 0 aromatic carbocycles. The highest BCUT2D eigenvalue weighted by molar-refractivity contribution is 8.53. The van der Waals surface area contributed by atoms with Gasteiger partial charge in [0.1, 0.15) is 12.2 Å². The molecule has 2 aromatic rings. The Morgan fingerprint density at radius 3 is 1.84 bits per heavy atom. The normalized spacial score (nSPS) is 27.3. The second-order valence-electron chi connectivity index (χ2n) is 12.0. The number of nitrogens with one attached hydrogen (secondary N) is 2. The third-order valence-corrected chi connectivity index (χ3v) is 13.6. The Bertz CT molecular complexity index is 1600. The molecule has 274 valence electrons. The first kappa shape index (κ1) is 41.2. The van der Waals surface area contributed by atoms with Gasteiger partial charge in [0.05, 0.1) is 41.8 Å². The van der Waals surface area contributed by atoms with Crippen molar-refractivity contribution in [2.24, 2.45) is 0 Å². The SMILES string of the molecule is CC[C@H]1O[C@@H](n2ccc(=O)[nH]c2=O)[C@H](OC)[C@@H]1S.CC[C@H]1O[C@@H](n2ccc(=O)[nH]c2=O)[C@H](OC)[C@@H]1SP(OCCC#N)N(C(C)C)C(C)C. The van der Waals surface area contributed by atoms with Crippen LogP contribution in [0.5, 0.6) is 0 Å². The molecule has 0 saturated carbocycles. The van der Waals surface area contributed by atoms with E-state index in [9.17, 15) is 19.2 Å². The molecule has 2 aliphatic rings. The molecule has 2 aliphatic heterocycles. The molecule has 1 unspecified atom stereocenters. The number of methoxy groups -OCH3 is 2. The van der Waals surface area contributed by atoms with Crippen LogP contribution in [0, 0.1) is 11.3 Å². The summed E-state index contributed by atoms with van der Waals surface area (Å²) < 4.78 is 34.4. The van der Waals surface area contributed by atoms with Gasteiger partial charge in [-0.15, -0.1) is 0 Å². The lowest BCUT2D eigenvalue weighted by Crippen LogP contribution is -2.38. The summed E-state index contributed by atoms with van der Waals surface area (Å²) in [6.07, 6.45) is 2.49. The van der Waals surface area contributed by atoms with Crippen LogP contribution in [0.4, 0.5) is 0 Å². The summed E-state index contributed by atoms with van der Waals surface area (Å²) in [6.45, 7) is 12.9. The number of aromatic nitrogens is 4. The number of thiol groups is 1. The van der Waals surface area contributed by atoms with Crippen LogP contribution >= 0.6 is 31.5 Å². The summed E-state index contributed by atoms with van der Waals surface area (Å²) in [7, 11) is 2.06. The zero-order chi connectivity index (χ0) is 36.4. The summed E-state index contributed by atoms with van der Waals surface area (Å²) >= 11 is 6.13. The van der Waals surface area contributed by atoms with Gasteiger partial charge in [-0.1, -0.05) is 25.2 Å². The van der Waals surface area contributed by atoms with Crippen LogP contribution in [0.15, 0.2) is 43.7 Å². The lowest BCUT2D eigenvalue weighted by Gasteiger charge is -2.38. The van der Waals surface area contributed by atoms with E-state index in [1.807, 2.05) is 13.8 Å². The molecule has 15 nitrogen and oxygen atoms in total. The van der Waals surface area contributed by atoms with Gasteiger partial charge in [-0.05, 0) is 40.5 Å². The fraction of sp³-hybridized carbons (Fsp3) is 0.710. The Balaban J connectivity index is 0.000000305. The average molecular weight is 745 g/mol. The number of hydrogen-bond donors (Lipinski definition) is 3. The summed E-state index contributed by atoms with van der Waals surface area (Å²) in [4.78, 5) is 51.1. The zero-order valence-electron chi connectivity index (χ0n) is 29.2. The lowest BCUT2D eigenvalue weighted by atomic mass is 10.1. The number of nitrogens with zero attached hydrogens (tertiary/aromatic N) is 4. The molecule has 2 saturated heterocycles. The Hall–Kier alpha value is -2.26. The molecule has 0 aliphatic carbocycles. The minimum absolute atomic E-state index is 0.0814. The first-order valence-corrected chi connectivity index (χ1v) is 19.5. The van der Waals surface area contributed by atoms with Crippen molar-refractivity contribution in [3.8, 4) is 6.07 Å². The van der Waals surface area contributed by atoms with E-state index in [0.29, 0.717) is 13.0 Å². The van der Waals surface area contributed by atoms with Crippen LogP contribution < -0.4 is 22.5 Å². The standard InChI is InChI=1S/C20H33N4O5PS.C11H16N2O4S/c1-7-15-18(31-30(28-12-8-10-21)24(13(2)3)14(4)5)17(27-6)19(29-15)23-11-9-16(25)22-20(23)26;1-3-6-9(18)8(16-2)10(17-6)13-5-4-7(14)12-11(13)15/h9,11,13-15,17-19H,7-8,12H2,1-6H3,(H,22,25,26);4-6,8-10,18H,3H2,1-2H3,(H,12,14,15)/t15-,17-,18-,19-,30?;6-,8-,9-,10-/m11/s1. The van der Waals surface area contributed by atoms with Gasteiger partial charge in [-0.25, -0.2) is 14.3 Å². The molecular weight excluding hydrogens is 695 g/mol. The number of aromatic amines is 2. The van der Waals surface area contributed by atoms with Crippen molar-refractivity contribution in [3.05, 3.63) is 66.2 Å². The molecule has 9 atom stereocenters. The Labute approximate surface area is 296 Å². The summed E-state index contributed by atoms with van der Waals surface area (Å²) in [5.74, 6) is 0. The van der Waals surface area contributed by atoms with E-state index >= 15 is 0 Å². The number of H-pyrrole nitrogens is 2. The molecule has 4 heterocycles. The first-order valence-electron chi connectivity index (χ1n) is 16.3. The van der Waals surface area contributed by atoms with E-state index < -0.39 is 48.6 Å². The third-order valence-electron chi connectivity index (χ3n) is 8.07. The van der Waals surface area contributed by atoms with E-state index in [2.05, 4.69) is 61.0 Å². The summed E-state index contributed by atoms with van der Waals surface area (Å²) in [6, 6.07) is 5.22. The molecule has 18 heteroatoms. The van der Waals surface area contributed by atoms with E-state index in [-0.39, 0.29) is 40.9 Å². The van der Waals surface area contributed by atoms with Gasteiger partial charge in [-0.3, -0.25) is 28.7 Å². The molecule has 0 amide bonds. The maximum Gasteiger partial charge on any atom is 0.330 e. The van der Waals surface area contributed by atoms with Crippen LogP contribution in [-0.4, -0.2) is 91.6 Å². The number of rotatable bonds is 14. The Morgan fingerprint density at radius 2 is 1.41 bits per heavy atom. The van der Waals surface area contributed by atoms with Gasteiger partial charge < -0.3 is 23.5 Å². The minimum Gasteiger partial charge on any atom is -0.375 e. The number of ether oxygens (including phenoxy) is 4. The molecule has 2 N–H and O–H groups in total. The van der Waals surface area contributed by atoms with Gasteiger partial charge in [0.15, 0.2) is 20.0 Å². The molecule has 0 spiro atoms. The summed E-state index contributed by atoms with van der Waals surface area (Å²) in [5.41, 5.74) is -1.92. The van der Waals surface area contributed by atoms with Crippen molar-refractivity contribution in [2.45, 2.75) is 120 Å². The molecule has 0 bridgehead atoms. The maximum atomic E-state index is 12.4. The van der Waals surface area contributed by atoms with Crippen LogP contribution in [0.2, 0.25) is 0 Å². The van der Waals surface area contributed by atoms with Crippen LogP contribution in [-0.2, 0) is 23.5 Å². The van der Waals surface area contributed by atoms with Crippen molar-refractivity contribution in [1.82, 2.24) is 23.8 Å². The fourth-order valence-corrected chi connectivity index (χ4v) is 11.9. The van der Waals surface area contributed by atoms with Crippen molar-refractivity contribution in [3.63, 3.8) is 0 Å². The van der Waals surface area contributed by atoms with Crippen LogP contribution in [0.3, 0.4) is 0 Å².